The van der Waals surface area contributed by atoms with Gasteiger partial charge in [0.05, 0.1) is 12.6 Å². The summed E-state index contributed by atoms with van der Waals surface area (Å²) in [5, 5.41) is 0. The third-order valence-corrected chi connectivity index (χ3v) is 8.52. The Hall–Kier alpha value is -2.67. The van der Waals surface area contributed by atoms with Crippen LogP contribution in [0.3, 0.4) is 0 Å². The first-order valence-corrected chi connectivity index (χ1v) is 13.8. The lowest BCUT2D eigenvalue weighted by Crippen LogP contribution is -2.49. The van der Waals surface area contributed by atoms with E-state index in [9.17, 15) is 8.42 Å². The first-order valence-electron chi connectivity index (χ1n) is 12.3. The van der Waals surface area contributed by atoms with E-state index < -0.39 is 10.0 Å². The van der Waals surface area contributed by atoms with Gasteiger partial charge in [0, 0.05) is 26.2 Å². The van der Waals surface area contributed by atoms with Gasteiger partial charge in [-0.2, -0.15) is 4.31 Å². The largest absolute Gasteiger partial charge is 0.492 e. The summed E-state index contributed by atoms with van der Waals surface area (Å²) < 4.78 is 35.0. The fourth-order valence-electron chi connectivity index (χ4n) is 4.68. The summed E-state index contributed by atoms with van der Waals surface area (Å²) >= 11 is 0. The van der Waals surface area contributed by atoms with Crippen molar-refractivity contribution in [1.82, 2.24) is 9.21 Å². The second-order valence-electron chi connectivity index (χ2n) is 10.0. The highest BCUT2D eigenvalue weighted by atomic mass is 32.2. The Kier molecular flexibility index (Phi) is 7.64. The Morgan fingerprint density at radius 2 is 1.37 bits per heavy atom. The molecule has 3 aromatic carbocycles. The van der Waals surface area contributed by atoms with Crippen LogP contribution in [0.25, 0.3) is 0 Å². The number of hydrogen-bond donors (Lipinski definition) is 0. The minimum absolute atomic E-state index is 0.0884. The zero-order valence-corrected chi connectivity index (χ0v) is 22.0. The highest BCUT2D eigenvalue weighted by Crippen LogP contribution is 2.34. The van der Waals surface area contributed by atoms with Gasteiger partial charge in [-0.25, -0.2) is 8.42 Å². The van der Waals surface area contributed by atoms with Crippen LogP contribution < -0.4 is 4.74 Å². The van der Waals surface area contributed by atoms with E-state index in [1.165, 1.54) is 11.1 Å². The molecule has 1 fully saturated rings. The second-order valence-corrected chi connectivity index (χ2v) is 11.9. The van der Waals surface area contributed by atoms with Crippen molar-refractivity contribution in [2.75, 3.05) is 32.8 Å². The van der Waals surface area contributed by atoms with Crippen LogP contribution in [0, 0.1) is 0 Å². The van der Waals surface area contributed by atoms with Crippen LogP contribution in [0.15, 0.2) is 83.8 Å². The van der Waals surface area contributed by atoms with Crippen molar-refractivity contribution in [2.45, 2.75) is 44.0 Å². The molecule has 0 bridgehead atoms. The zero-order chi connectivity index (χ0) is 25.1. The van der Waals surface area contributed by atoms with Gasteiger partial charge in [-0.3, -0.25) is 4.90 Å². The first-order chi connectivity index (χ1) is 16.7. The van der Waals surface area contributed by atoms with E-state index in [4.69, 9.17) is 4.74 Å². The van der Waals surface area contributed by atoms with Crippen LogP contribution in [0.1, 0.15) is 50.4 Å². The molecule has 0 atom stereocenters. The first kappa shape index (κ1) is 25.4. The summed E-state index contributed by atoms with van der Waals surface area (Å²) in [6, 6.07) is 26.5. The van der Waals surface area contributed by atoms with Crippen LogP contribution in [0.5, 0.6) is 5.75 Å². The van der Waals surface area contributed by atoms with Crippen molar-refractivity contribution in [1.29, 1.82) is 0 Å². The van der Waals surface area contributed by atoms with Crippen molar-refractivity contribution in [2.24, 2.45) is 0 Å². The maximum absolute atomic E-state index is 13.8. The summed E-state index contributed by atoms with van der Waals surface area (Å²) in [5.41, 5.74) is 3.25. The second kappa shape index (κ2) is 10.5. The smallest absolute Gasteiger partial charge is 0.246 e. The minimum atomic E-state index is -3.69. The lowest BCUT2D eigenvalue weighted by atomic mass is 9.87. The third-order valence-electron chi connectivity index (χ3n) is 6.60. The lowest BCUT2D eigenvalue weighted by molar-refractivity contribution is 0.155. The van der Waals surface area contributed by atoms with E-state index in [0.29, 0.717) is 38.5 Å². The zero-order valence-electron chi connectivity index (χ0n) is 21.1. The van der Waals surface area contributed by atoms with Gasteiger partial charge in [0.1, 0.15) is 10.6 Å². The number of ether oxygens (including phenoxy) is 1. The van der Waals surface area contributed by atoms with Gasteiger partial charge in [-0.1, -0.05) is 87.5 Å². The molecule has 3 aromatic rings. The van der Waals surface area contributed by atoms with E-state index in [-0.39, 0.29) is 16.4 Å². The Bertz CT molecular complexity index is 1170. The molecular weight excluding hydrogens is 456 g/mol. The maximum atomic E-state index is 13.8. The van der Waals surface area contributed by atoms with Crippen LogP contribution in [-0.2, 0) is 15.4 Å². The molecule has 0 aromatic heterocycles. The number of hydrogen-bond acceptors (Lipinski definition) is 4. The van der Waals surface area contributed by atoms with Crippen molar-refractivity contribution in [3.05, 3.63) is 95.6 Å². The van der Waals surface area contributed by atoms with Crippen molar-refractivity contribution in [3.8, 4) is 5.75 Å². The van der Waals surface area contributed by atoms with Crippen molar-refractivity contribution < 1.29 is 13.2 Å². The van der Waals surface area contributed by atoms with E-state index in [2.05, 4.69) is 74.2 Å². The number of sulfonamides is 1. The van der Waals surface area contributed by atoms with Crippen LogP contribution in [-0.4, -0.2) is 50.4 Å². The van der Waals surface area contributed by atoms with Gasteiger partial charge in [0.2, 0.25) is 10.0 Å². The Balaban J connectivity index is 1.60. The fourth-order valence-corrected chi connectivity index (χ4v) is 6.26. The van der Waals surface area contributed by atoms with Crippen LogP contribution in [0.2, 0.25) is 0 Å². The molecule has 1 heterocycles. The number of benzene rings is 3. The molecule has 0 spiro atoms. The molecule has 0 aliphatic carbocycles. The number of piperazine rings is 1. The molecule has 0 amide bonds. The number of rotatable bonds is 7. The van der Waals surface area contributed by atoms with Crippen LogP contribution in [0.4, 0.5) is 0 Å². The Labute approximate surface area is 210 Å². The Morgan fingerprint density at radius 3 is 1.86 bits per heavy atom. The maximum Gasteiger partial charge on any atom is 0.246 e. The van der Waals surface area contributed by atoms with E-state index in [1.807, 2.05) is 25.1 Å². The van der Waals surface area contributed by atoms with E-state index in [1.54, 1.807) is 16.4 Å². The molecule has 6 heteroatoms. The SMILES string of the molecule is CCOc1ccc(C(C)(C)C)cc1S(=O)(=O)N1CCN(C(c2ccccc2)c2ccccc2)CC1. The molecule has 5 nitrogen and oxygen atoms in total. The molecule has 0 N–H and O–H groups in total. The summed E-state index contributed by atoms with van der Waals surface area (Å²) in [7, 11) is -3.69. The van der Waals surface area contributed by atoms with Crippen molar-refractivity contribution in [3.63, 3.8) is 0 Å². The molecule has 1 saturated heterocycles. The minimum Gasteiger partial charge on any atom is -0.492 e. The molecule has 35 heavy (non-hydrogen) atoms. The summed E-state index contributed by atoms with van der Waals surface area (Å²) in [6.07, 6.45) is 0. The molecule has 0 saturated carbocycles. The van der Waals surface area contributed by atoms with E-state index in [0.717, 1.165) is 5.56 Å². The highest BCUT2D eigenvalue weighted by molar-refractivity contribution is 7.89. The van der Waals surface area contributed by atoms with Crippen LogP contribution >= 0.6 is 0 Å². The van der Waals surface area contributed by atoms with Gasteiger partial charge >= 0.3 is 0 Å². The molecule has 0 unspecified atom stereocenters. The van der Waals surface area contributed by atoms with Gasteiger partial charge in [-0.15, -0.1) is 0 Å². The monoisotopic (exact) mass is 492 g/mol. The Morgan fingerprint density at radius 1 is 0.829 bits per heavy atom. The molecule has 186 valence electrons. The molecule has 0 radical (unpaired) electrons. The van der Waals surface area contributed by atoms with Crippen molar-refractivity contribution >= 4 is 10.0 Å². The normalized spacial score (nSPS) is 15.9. The van der Waals surface area contributed by atoms with E-state index >= 15 is 0 Å². The standard InChI is InChI=1S/C29H36N2O3S/c1-5-34-26-17-16-25(29(2,3)4)22-27(26)35(32,33)31-20-18-30(19-21-31)28(23-12-8-6-9-13-23)24-14-10-7-11-15-24/h6-17,22,28H,5,18-21H2,1-4H3. The average Bonchev–Trinajstić information content (AvgIpc) is 2.85. The molecule has 1 aliphatic heterocycles. The quantitative estimate of drug-likeness (QED) is 0.438. The summed E-state index contributed by atoms with van der Waals surface area (Å²) in [6.45, 7) is 10.7. The highest BCUT2D eigenvalue weighted by Gasteiger charge is 2.34. The van der Waals surface area contributed by atoms with Gasteiger partial charge in [0.15, 0.2) is 0 Å². The third kappa shape index (κ3) is 5.61. The number of nitrogens with zero attached hydrogens (tertiary/aromatic N) is 2. The molecule has 4 rings (SSSR count). The summed E-state index contributed by atoms with van der Waals surface area (Å²) in [5.74, 6) is 0.425. The van der Waals surface area contributed by atoms with Gasteiger partial charge in [0.25, 0.3) is 0 Å². The topological polar surface area (TPSA) is 49.9 Å². The van der Waals surface area contributed by atoms with Gasteiger partial charge < -0.3 is 4.74 Å². The molecule has 1 aliphatic rings. The molecular formula is C29H36N2O3S. The van der Waals surface area contributed by atoms with Gasteiger partial charge in [-0.05, 0) is 41.2 Å². The lowest BCUT2D eigenvalue weighted by Gasteiger charge is -2.39. The summed E-state index contributed by atoms with van der Waals surface area (Å²) in [4.78, 5) is 2.65. The predicted octanol–water partition coefficient (Wildman–Crippen LogP) is 5.48. The average molecular weight is 493 g/mol. The predicted molar refractivity (Wildman–Crippen MR) is 141 cm³/mol. The fraction of sp³-hybridized carbons (Fsp3) is 0.379.